The summed E-state index contributed by atoms with van der Waals surface area (Å²) in [5.74, 6) is 1.99. The molecule has 2 aliphatic heterocycles. The van der Waals surface area contributed by atoms with Crippen molar-refractivity contribution >= 4 is 28.3 Å². The highest BCUT2D eigenvalue weighted by Crippen LogP contribution is 2.41. The molecule has 4 rings (SSSR count). The Hall–Kier alpha value is -1.54. The van der Waals surface area contributed by atoms with E-state index in [1.807, 2.05) is 18.2 Å². The van der Waals surface area contributed by atoms with Gasteiger partial charge in [-0.2, -0.15) is 5.26 Å². The maximum absolute atomic E-state index is 9.16. The van der Waals surface area contributed by atoms with Gasteiger partial charge in [0.25, 0.3) is 0 Å². The largest absolute Gasteiger partial charge is 0.493 e. The molecule has 0 bridgehead atoms. The van der Waals surface area contributed by atoms with E-state index in [4.69, 9.17) is 10.00 Å². The highest BCUT2D eigenvalue weighted by atomic mass is 79.9. The van der Waals surface area contributed by atoms with Crippen LogP contribution in [0.5, 0.6) is 5.75 Å². The van der Waals surface area contributed by atoms with Gasteiger partial charge in [0, 0.05) is 41.5 Å². The molecule has 130 valence electrons. The molecule has 0 amide bonds. The molecule has 3 nitrogen and oxygen atoms in total. The zero-order chi connectivity index (χ0) is 16.5. The lowest BCUT2D eigenvalue weighted by Crippen LogP contribution is -2.25. The minimum absolute atomic E-state index is 0. The number of nitrogens with zero attached hydrogens (tertiary/aromatic N) is 2. The second-order valence-electron chi connectivity index (χ2n) is 6.68. The quantitative estimate of drug-likeness (QED) is 0.740. The van der Waals surface area contributed by atoms with Crippen molar-refractivity contribution in [2.24, 2.45) is 5.92 Å². The molecule has 0 spiro atoms. The number of likely N-dealkylation sites (tertiary alicyclic amines) is 1. The molecule has 25 heavy (non-hydrogen) atoms. The molecule has 2 atom stereocenters. The first kappa shape index (κ1) is 18.3. The summed E-state index contributed by atoms with van der Waals surface area (Å²) in [5, 5.41) is 9.16. The van der Waals surface area contributed by atoms with Crippen molar-refractivity contribution in [1.29, 1.82) is 5.26 Å². The number of nitriles is 1. The van der Waals surface area contributed by atoms with Crippen LogP contribution < -0.4 is 4.74 Å². The fraction of sp³-hybridized carbons (Fsp3) is 0.350. The van der Waals surface area contributed by atoms with Crippen molar-refractivity contribution in [1.82, 2.24) is 4.90 Å². The van der Waals surface area contributed by atoms with Gasteiger partial charge in [0.2, 0.25) is 0 Å². The first-order chi connectivity index (χ1) is 11.7. The molecule has 0 saturated carbocycles. The van der Waals surface area contributed by atoms with Crippen LogP contribution in [0, 0.1) is 17.2 Å². The number of halogens is 2. The summed E-state index contributed by atoms with van der Waals surface area (Å²) >= 11 is 3.48. The predicted octanol–water partition coefficient (Wildman–Crippen LogP) is 4.39. The van der Waals surface area contributed by atoms with Crippen molar-refractivity contribution < 1.29 is 4.74 Å². The first-order valence-corrected chi connectivity index (χ1v) is 9.16. The fourth-order valence-electron chi connectivity index (χ4n) is 3.84. The van der Waals surface area contributed by atoms with E-state index in [9.17, 15) is 0 Å². The van der Waals surface area contributed by atoms with Crippen molar-refractivity contribution in [3.05, 3.63) is 63.6 Å². The Kier molecular flexibility index (Phi) is 5.68. The van der Waals surface area contributed by atoms with Crippen LogP contribution in [0.15, 0.2) is 46.9 Å². The standard InChI is InChI=1S/C20H19BrN2O.ClH/c21-17-4-1-14(2-5-17)7-8-23-11-16-13-24-20-6-3-15(10-22)9-18(20)19(16)12-23;/h1-6,9,16,19H,7-8,11-13H2;1H/t16-,19?;/m0./s1. The van der Waals surface area contributed by atoms with Crippen LogP contribution in [-0.4, -0.2) is 31.1 Å². The van der Waals surface area contributed by atoms with E-state index in [2.05, 4.69) is 51.2 Å². The summed E-state index contributed by atoms with van der Waals surface area (Å²) in [6.45, 7) is 4.00. The molecule has 2 aliphatic rings. The van der Waals surface area contributed by atoms with Crippen molar-refractivity contribution in [3.63, 3.8) is 0 Å². The minimum Gasteiger partial charge on any atom is -0.493 e. The van der Waals surface area contributed by atoms with E-state index in [1.54, 1.807) is 0 Å². The van der Waals surface area contributed by atoms with E-state index in [0.29, 0.717) is 11.8 Å². The Bertz CT molecular complexity index is 787. The third-order valence-electron chi connectivity index (χ3n) is 5.14. The van der Waals surface area contributed by atoms with E-state index in [0.717, 1.165) is 48.4 Å². The van der Waals surface area contributed by atoms with Crippen LogP contribution in [0.25, 0.3) is 0 Å². The highest BCUT2D eigenvalue weighted by Gasteiger charge is 2.38. The molecule has 0 N–H and O–H groups in total. The van der Waals surface area contributed by atoms with Crippen LogP contribution in [-0.2, 0) is 6.42 Å². The Morgan fingerprint density at radius 1 is 1.16 bits per heavy atom. The number of fused-ring (bicyclic) bond motifs is 3. The lowest BCUT2D eigenvalue weighted by molar-refractivity contribution is 0.213. The summed E-state index contributed by atoms with van der Waals surface area (Å²) in [6.07, 6.45) is 1.07. The average molecular weight is 420 g/mol. The maximum atomic E-state index is 9.16. The van der Waals surface area contributed by atoms with Crippen molar-refractivity contribution in [2.75, 3.05) is 26.2 Å². The Morgan fingerprint density at radius 3 is 2.72 bits per heavy atom. The fourth-order valence-corrected chi connectivity index (χ4v) is 4.10. The number of hydrogen-bond donors (Lipinski definition) is 0. The van der Waals surface area contributed by atoms with Gasteiger partial charge in [-0.15, -0.1) is 12.4 Å². The van der Waals surface area contributed by atoms with Crippen molar-refractivity contribution in [2.45, 2.75) is 12.3 Å². The highest BCUT2D eigenvalue weighted by molar-refractivity contribution is 9.10. The van der Waals surface area contributed by atoms with E-state index in [-0.39, 0.29) is 12.4 Å². The van der Waals surface area contributed by atoms with Crippen molar-refractivity contribution in [3.8, 4) is 11.8 Å². The van der Waals surface area contributed by atoms with Crippen LogP contribution in [0.4, 0.5) is 0 Å². The van der Waals surface area contributed by atoms with Gasteiger partial charge in [0.05, 0.1) is 18.2 Å². The molecule has 2 heterocycles. The number of benzene rings is 2. The molecule has 1 unspecified atom stereocenters. The second-order valence-corrected chi connectivity index (χ2v) is 7.59. The maximum Gasteiger partial charge on any atom is 0.122 e. The molecule has 0 aromatic heterocycles. The van der Waals surface area contributed by atoms with Crippen LogP contribution in [0.1, 0.15) is 22.6 Å². The molecular formula is C20H20BrClN2O. The van der Waals surface area contributed by atoms with Crippen LogP contribution in [0.2, 0.25) is 0 Å². The van der Waals surface area contributed by atoms with E-state index < -0.39 is 0 Å². The summed E-state index contributed by atoms with van der Waals surface area (Å²) in [5.41, 5.74) is 3.32. The first-order valence-electron chi connectivity index (χ1n) is 8.36. The molecule has 2 aromatic carbocycles. The number of ether oxygens (including phenoxy) is 1. The van der Waals surface area contributed by atoms with Gasteiger partial charge < -0.3 is 9.64 Å². The van der Waals surface area contributed by atoms with Gasteiger partial charge in [0.15, 0.2) is 0 Å². The zero-order valence-corrected chi connectivity index (χ0v) is 16.2. The number of hydrogen-bond acceptors (Lipinski definition) is 3. The smallest absolute Gasteiger partial charge is 0.122 e. The molecule has 5 heteroatoms. The monoisotopic (exact) mass is 418 g/mol. The van der Waals surface area contributed by atoms with Crippen LogP contribution in [0.3, 0.4) is 0 Å². The molecule has 2 aromatic rings. The summed E-state index contributed by atoms with van der Waals surface area (Å²) < 4.78 is 7.05. The normalized spacial score (nSPS) is 21.4. The number of rotatable bonds is 3. The lowest BCUT2D eigenvalue weighted by atomic mass is 9.86. The lowest BCUT2D eigenvalue weighted by Gasteiger charge is -2.27. The van der Waals surface area contributed by atoms with Crippen LogP contribution >= 0.6 is 28.3 Å². The second kappa shape index (κ2) is 7.78. The Morgan fingerprint density at radius 2 is 1.96 bits per heavy atom. The molecular weight excluding hydrogens is 400 g/mol. The van der Waals surface area contributed by atoms with E-state index in [1.165, 1.54) is 11.1 Å². The van der Waals surface area contributed by atoms with E-state index >= 15 is 0 Å². The average Bonchev–Trinajstić information content (AvgIpc) is 3.04. The van der Waals surface area contributed by atoms with Gasteiger partial charge in [-0.05, 0) is 42.3 Å². The Labute approximate surface area is 163 Å². The van der Waals surface area contributed by atoms with Gasteiger partial charge in [0.1, 0.15) is 5.75 Å². The topological polar surface area (TPSA) is 36.3 Å². The third-order valence-corrected chi connectivity index (χ3v) is 5.67. The summed E-state index contributed by atoms with van der Waals surface area (Å²) in [6, 6.07) is 16.6. The van der Waals surface area contributed by atoms with Gasteiger partial charge in [-0.3, -0.25) is 0 Å². The Balaban J connectivity index is 0.00000182. The zero-order valence-electron chi connectivity index (χ0n) is 13.8. The summed E-state index contributed by atoms with van der Waals surface area (Å²) in [4.78, 5) is 2.54. The van der Waals surface area contributed by atoms with Gasteiger partial charge in [-0.1, -0.05) is 28.1 Å². The molecule has 1 saturated heterocycles. The summed E-state index contributed by atoms with van der Waals surface area (Å²) in [7, 11) is 0. The SMILES string of the molecule is Cl.N#Cc1ccc2c(c1)C1CN(CCc3ccc(Br)cc3)C[C@H]1CO2. The molecule has 0 radical (unpaired) electrons. The molecule has 1 fully saturated rings. The third kappa shape index (κ3) is 3.84. The molecule has 0 aliphatic carbocycles. The van der Waals surface area contributed by atoms with Gasteiger partial charge >= 0.3 is 0 Å². The van der Waals surface area contributed by atoms with Gasteiger partial charge in [-0.25, -0.2) is 0 Å². The predicted molar refractivity (Wildman–Crippen MR) is 104 cm³/mol. The minimum atomic E-state index is 0.